The van der Waals surface area contributed by atoms with E-state index in [1.807, 2.05) is 0 Å². The number of hydrogen-bond acceptors (Lipinski definition) is 3. The Bertz CT molecular complexity index is 233. The Kier molecular flexibility index (Phi) is 2.71. The quantitative estimate of drug-likeness (QED) is 0.713. The lowest BCUT2D eigenvalue weighted by Crippen LogP contribution is -2.31. The summed E-state index contributed by atoms with van der Waals surface area (Å²) in [5, 5.41) is 11.1. The Hall–Kier alpha value is -0.590. The van der Waals surface area contributed by atoms with Gasteiger partial charge >= 0.3 is 6.18 Å². The molecule has 0 fully saturated rings. The van der Waals surface area contributed by atoms with Gasteiger partial charge in [0.1, 0.15) is 0 Å². The molecular weight excluding hydrogens is 191 g/mol. The van der Waals surface area contributed by atoms with E-state index in [2.05, 4.69) is 0 Å². The molecule has 2 nitrogen and oxygen atoms in total. The largest absolute Gasteiger partial charge is 0.410 e. The van der Waals surface area contributed by atoms with Crippen LogP contribution in [0.2, 0.25) is 0 Å². The minimum Gasteiger partial charge on any atom is -0.316 e. The van der Waals surface area contributed by atoms with E-state index in [1.54, 1.807) is 0 Å². The van der Waals surface area contributed by atoms with Crippen LogP contribution >= 0.6 is 11.3 Å². The highest BCUT2D eigenvalue weighted by Crippen LogP contribution is 2.32. The Balaban J connectivity index is 2.84. The summed E-state index contributed by atoms with van der Waals surface area (Å²) in [6, 6.07) is -0.671. The molecule has 0 bridgehead atoms. The Morgan fingerprint density at radius 3 is 2.50 bits per heavy atom. The molecule has 0 amide bonds. The Morgan fingerprint density at radius 1 is 1.50 bits per heavy atom. The molecule has 1 aromatic heterocycles. The van der Waals surface area contributed by atoms with Crippen LogP contribution in [0.25, 0.3) is 0 Å². The van der Waals surface area contributed by atoms with Crippen LogP contribution in [0.5, 0.6) is 0 Å². The monoisotopic (exact) mass is 197 g/mol. The van der Waals surface area contributed by atoms with E-state index < -0.39 is 12.2 Å². The van der Waals surface area contributed by atoms with E-state index in [-0.39, 0.29) is 5.56 Å². The molecule has 0 aliphatic rings. The van der Waals surface area contributed by atoms with Crippen molar-refractivity contribution in [2.45, 2.75) is 12.2 Å². The van der Waals surface area contributed by atoms with Crippen molar-refractivity contribution in [2.75, 3.05) is 0 Å². The molecule has 6 heteroatoms. The summed E-state index contributed by atoms with van der Waals surface area (Å²) in [6.07, 6.45) is -4.46. The summed E-state index contributed by atoms with van der Waals surface area (Å²) in [5.41, 5.74) is 1.25. The van der Waals surface area contributed by atoms with Crippen LogP contribution in [0, 0.1) is 0 Å². The van der Waals surface area contributed by atoms with Gasteiger partial charge < -0.3 is 5.21 Å². The van der Waals surface area contributed by atoms with Gasteiger partial charge in [-0.1, -0.05) is 0 Å². The normalized spacial score (nSPS) is 14.7. The van der Waals surface area contributed by atoms with Gasteiger partial charge in [-0.15, -0.1) is 0 Å². The molecule has 1 aromatic rings. The lowest BCUT2D eigenvalue weighted by atomic mass is 10.1. The van der Waals surface area contributed by atoms with Crippen molar-refractivity contribution in [1.29, 1.82) is 0 Å². The molecule has 12 heavy (non-hydrogen) atoms. The number of hydrogen-bond donors (Lipinski definition) is 2. The van der Waals surface area contributed by atoms with Crippen LogP contribution in [-0.2, 0) is 0 Å². The van der Waals surface area contributed by atoms with Crippen molar-refractivity contribution in [3.8, 4) is 0 Å². The van der Waals surface area contributed by atoms with Gasteiger partial charge in [0.15, 0.2) is 6.04 Å². The molecule has 1 unspecified atom stereocenters. The van der Waals surface area contributed by atoms with Crippen LogP contribution in [0.1, 0.15) is 11.6 Å². The highest BCUT2D eigenvalue weighted by molar-refractivity contribution is 7.07. The second-order valence-corrected chi connectivity index (χ2v) is 2.94. The first kappa shape index (κ1) is 9.50. The second-order valence-electron chi connectivity index (χ2n) is 2.16. The van der Waals surface area contributed by atoms with E-state index >= 15 is 0 Å². The third-order valence-electron chi connectivity index (χ3n) is 1.33. The predicted molar refractivity (Wildman–Crippen MR) is 38.0 cm³/mol. The SMILES string of the molecule is ONC(c1ccsc1)C(F)(F)F. The van der Waals surface area contributed by atoms with Crippen molar-refractivity contribution in [1.82, 2.24) is 5.48 Å². The van der Waals surface area contributed by atoms with E-state index in [0.717, 1.165) is 11.3 Å². The molecule has 0 aromatic carbocycles. The number of halogens is 3. The first-order chi connectivity index (χ1) is 5.55. The van der Waals surface area contributed by atoms with E-state index in [9.17, 15) is 13.2 Å². The van der Waals surface area contributed by atoms with Gasteiger partial charge in [0, 0.05) is 0 Å². The fourth-order valence-corrected chi connectivity index (χ4v) is 1.46. The van der Waals surface area contributed by atoms with E-state index in [4.69, 9.17) is 5.21 Å². The van der Waals surface area contributed by atoms with Crippen LogP contribution in [0.15, 0.2) is 16.8 Å². The third-order valence-corrected chi connectivity index (χ3v) is 2.03. The highest BCUT2D eigenvalue weighted by atomic mass is 32.1. The summed E-state index contributed by atoms with van der Waals surface area (Å²) in [5.74, 6) is 0. The standard InChI is InChI=1S/C6H6F3NOS/c7-6(8,9)5(10-11)4-1-2-12-3-4/h1-3,5,10-11H. The molecule has 1 rings (SSSR count). The molecule has 68 valence electrons. The lowest BCUT2D eigenvalue weighted by Gasteiger charge is -2.16. The summed E-state index contributed by atoms with van der Waals surface area (Å²) < 4.78 is 36.2. The molecule has 0 aliphatic heterocycles. The molecule has 1 atom stereocenters. The fraction of sp³-hybridized carbons (Fsp3) is 0.333. The number of hydroxylamine groups is 1. The zero-order valence-corrected chi connectivity index (χ0v) is 6.62. The molecule has 0 radical (unpaired) electrons. The average molecular weight is 197 g/mol. The number of alkyl halides is 3. The maximum Gasteiger partial charge on any atom is 0.410 e. The molecule has 1 heterocycles. The first-order valence-corrected chi connectivity index (χ1v) is 3.98. The third kappa shape index (κ3) is 1.96. The Morgan fingerprint density at radius 2 is 2.17 bits per heavy atom. The van der Waals surface area contributed by atoms with E-state index in [1.165, 1.54) is 22.3 Å². The van der Waals surface area contributed by atoms with Gasteiger partial charge in [-0.25, -0.2) is 0 Å². The molecule has 0 aliphatic carbocycles. The van der Waals surface area contributed by atoms with E-state index in [0.29, 0.717) is 0 Å². The molecular formula is C6H6F3NOS. The molecule has 0 saturated heterocycles. The van der Waals surface area contributed by atoms with Gasteiger partial charge in [-0.05, 0) is 22.4 Å². The summed E-state index contributed by atoms with van der Waals surface area (Å²) in [4.78, 5) is 0. The average Bonchev–Trinajstić information content (AvgIpc) is 2.38. The predicted octanol–water partition coefficient (Wildman–Crippen LogP) is 2.33. The van der Waals surface area contributed by atoms with Crippen molar-refractivity contribution >= 4 is 11.3 Å². The van der Waals surface area contributed by atoms with Gasteiger partial charge in [-0.2, -0.15) is 30.0 Å². The maximum absolute atomic E-state index is 12.1. The van der Waals surface area contributed by atoms with Gasteiger partial charge in [0.2, 0.25) is 0 Å². The second kappa shape index (κ2) is 3.42. The smallest absolute Gasteiger partial charge is 0.316 e. The maximum atomic E-state index is 12.1. The summed E-state index contributed by atoms with van der Waals surface area (Å²) in [6.45, 7) is 0. The molecule has 0 saturated carbocycles. The fourth-order valence-electron chi connectivity index (χ4n) is 0.776. The number of rotatable bonds is 2. The minimum atomic E-state index is -4.46. The summed E-state index contributed by atoms with van der Waals surface area (Å²) >= 11 is 1.15. The van der Waals surface area contributed by atoms with Gasteiger partial charge in [0.05, 0.1) is 0 Å². The van der Waals surface area contributed by atoms with Crippen LogP contribution in [0.3, 0.4) is 0 Å². The van der Waals surface area contributed by atoms with Crippen molar-refractivity contribution < 1.29 is 18.4 Å². The molecule has 0 spiro atoms. The lowest BCUT2D eigenvalue weighted by molar-refractivity contribution is -0.178. The van der Waals surface area contributed by atoms with Crippen molar-refractivity contribution in [3.63, 3.8) is 0 Å². The first-order valence-electron chi connectivity index (χ1n) is 3.04. The van der Waals surface area contributed by atoms with Crippen LogP contribution in [-0.4, -0.2) is 11.4 Å². The van der Waals surface area contributed by atoms with Crippen molar-refractivity contribution in [3.05, 3.63) is 22.4 Å². The van der Waals surface area contributed by atoms with Gasteiger partial charge in [0.25, 0.3) is 0 Å². The zero-order chi connectivity index (χ0) is 9.19. The Labute approximate surface area is 70.6 Å². The minimum absolute atomic E-state index is 0.0231. The molecule has 2 N–H and O–H groups in total. The number of nitrogens with one attached hydrogen (secondary N) is 1. The summed E-state index contributed by atoms with van der Waals surface area (Å²) in [7, 11) is 0. The zero-order valence-electron chi connectivity index (χ0n) is 5.80. The van der Waals surface area contributed by atoms with Crippen LogP contribution in [0.4, 0.5) is 13.2 Å². The van der Waals surface area contributed by atoms with Gasteiger partial charge in [-0.3, -0.25) is 0 Å². The van der Waals surface area contributed by atoms with Crippen molar-refractivity contribution in [2.24, 2.45) is 0 Å². The number of thiophene rings is 1. The topological polar surface area (TPSA) is 32.3 Å². The highest BCUT2D eigenvalue weighted by Gasteiger charge is 2.40. The van der Waals surface area contributed by atoms with Crippen LogP contribution < -0.4 is 5.48 Å².